The number of rotatable bonds is 5. The molecule has 9 nitrogen and oxygen atoms in total. The van der Waals surface area contributed by atoms with Crippen LogP contribution in [0.1, 0.15) is 28.9 Å². The Morgan fingerprint density at radius 3 is 2.79 bits per heavy atom. The molecule has 0 unspecified atom stereocenters. The molecule has 0 aliphatic rings. The van der Waals surface area contributed by atoms with Crippen LogP contribution in [0.2, 0.25) is 0 Å². The minimum atomic E-state index is -0.174. The van der Waals surface area contributed by atoms with Gasteiger partial charge in [0.2, 0.25) is 11.9 Å². The first kappa shape index (κ1) is 18.3. The number of amides is 1. The lowest BCUT2D eigenvalue weighted by Crippen LogP contribution is -2.17. The molecule has 0 aliphatic heterocycles. The minimum Gasteiger partial charge on any atom is -0.294 e. The molecule has 144 valence electrons. The van der Waals surface area contributed by atoms with Crippen LogP contribution in [0.3, 0.4) is 0 Å². The number of carbonyl (C=O) groups excluding carboxylic acids is 1. The summed E-state index contributed by atoms with van der Waals surface area (Å²) in [5.41, 5.74) is 4.42. The van der Waals surface area contributed by atoms with Gasteiger partial charge in [-0.3, -0.25) is 14.7 Å². The molecular weight excluding hydrogens is 368 g/mol. The summed E-state index contributed by atoms with van der Waals surface area (Å²) >= 11 is 0. The summed E-state index contributed by atoms with van der Waals surface area (Å²) in [6.45, 7) is 3.79. The smallest absolute Gasteiger partial charge is 0.235 e. The third-order valence-corrected chi connectivity index (χ3v) is 4.76. The summed E-state index contributed by atoms with van der Waals surface area (Å²) in [4.78, 5) is 17.0. The lowest BCUT2D eigenvalue weighted by Gasteiger charge is -2.11. The molecule has 9 heteroatoms. The number of anilines is 1. The van der Waals surface area contributed by atoms with Gasteiger partial charge in [-0.05, 0) is 38.0 Å². The predicted molar refractivity (Wildman–Crippen MR) is 105 cm³/mol. The number of hydrogen-bond donors (Lipinski definition) is 1. The van der Waals surface area contributed by atoms with Crippen LogP contribution in [0.4, 0.5) is 5.95 Å². The molecule has 1 N–H and O–H groups in total. The number of aryl methyl sites for hydroxylation is 2. The second-order valence-corrected chi connectivity index (χ2v) is 6.57. The molecule has 0 spiro atoms. The van der Waals surface area contributed by atoms with Crippen LogP contribution < -0.4 is 5.32 Å². The van der Waals surface area contributed by atoms with E-state index in [0.717, 1.165) is 22.6 Å². The Balaban J connectivity index is 1.50. The molecule has 0 saturated heterocycles. The first-order chi connectivity index (χ1) is 14.1. The number of nitrogens with one attached hydrogen (secondary N) is 1. The topological polar surface area (TPSA) is 114 Å². The highest BCUT2D eigenvalue weighted by atomic mass is 16.1. The van der Waals surface area contributed by atoms with E-state index in [4.69, 9.17) is 5.26 Å². The summed E-state index contributed by atoms with van der Waals surface area (Å²) in [6.07, 6.45) is 3.81. The van der Waals surface area contributed by atoms with E-state index in [1.54, 1.807) is 15.4 Å². The maximum atomic E-state index is 12.5. The Labute approximate surface area is 166 Å². The van der Waals surface area contributed by atoms with Gasteiger partial charge in [-0.2, -0.15) is 10.4 Å². The van der Waals surface area contributed by atoms with Crippen LogP contribution in [-0.4, -0.2) is 35.3 Å². The first-order valence-electron chi connectivity index (χ1n) is 9.07. The van der Waals surface area contributed by atoms with E-state index in [0.29, 0.717) is 23.6 Å². The number of nitrogens with zero attached hydrogens (tertiary/aromatic N) is 7. The number of benzene rings is 1. The highest BCUT2D eigenvalue weighted by Gasteiger charge is 2.16. The molecule has 0 aliphatic carbocycles. The van der Waals surface area contributed by atoms with Crippen LogP contribution in [0.15, 0.2) is 42.9 Å². The van der Waals surface area contributed by atoms with Crippen molar-refractivity contribution >= 4 is 17.5 Å². The molecule has 4 aromatic rings. The molecule has 0 fully saturated rings. The van der Waals surface area contributed by atoms with Crippen molar-refractivity contribution in [2.24, 2.45) is 0 Å². The van der Waals surface area contributed by atoms with Crippen LogP contribution in [-0.2, 0) is 11.2 Å². The molecule has 0 atom stereocenters. The van der Waals surface area contributed by atoms with E-state index in [-0.39, 0.29) is 12.3 Å². The van der Waals surface area contributed by atoms with Gasteiger partial charge in [-0.1, -0.05) is 18.2 Å². The van der Waals surface area contributed by atoms with E-state index in [1.807, 2.05) is 44.2 Å². The lowest BCUT2D eigenvalue weighted by molar-refractivity contribution is -0.116. The summed E-state index contributed by atoms with van der Waals surface area (Å²) in [7, 11) is 0. The zero-order valence-corrected chi connectivity index (χ0v) is 16.0. The number of aromatic nitrogens is 6. The molecule has 3 heterocycles. The number of hydrogen-bond acceptors (Lipinski definition) is 6. The Bertz CT molecular complexity index is 1230. The Hall–Kier alpha value is -4.06. The molecular formula is C20H18N8O. The third kappa shape index (κ3) is 3.43. The molecule has 29 heavy (non-hydrogen) atoms. The predicted octanol–water partition coefficient (Wildman–Crippen LogP) is 2.37. The second kappa shape index (κ2) is 7.52. The van der Waals surface area contributed by atoms with Gasteiger partial charge in [0.15, 0.2) is 5.65 Å². The van der Waals surface area contributed by atoms with Crippen molar-refractivity contribution in [3.05, 3.63) is 65.4 Å². The number of nitriles is 1. The summed E-state index contributed by atoms with van der Waals surface area (Å²) in [5.74, 6) is 0.196. The summed E-state index contributed by atoms with van der Waals surface area (Å²) in [5, 5.41) is 24.1. The average molecular weight is 386 g/mol. The van der Waals surface area contributed by atoms with Crippen LogP contribution in [0.25, 0.3) is 11.3 Å². The van der Waals surface area contributed by atoms with Gasteiger partial charge in [0.1, 0.15) is 18.0 Å². The van der Waals surface area contributed by atoms with Crippen molar-refractivity contribution in [2.45, 2.75) is 26.7 Å². The standard InChI is InChI=1S/C20H18N8O/c1-13-17(14(2)28-19(24-13)15(10-21)11-23-28)8-9-18(29)25-20-26-22-12-27(20)16-6-4-3-5-7-16/h3-7,11-12H,8-9H2,1-2H3,(H,25,26,29). The van der Waals surface area contributed by atoms with E-state index in [2.05, 4.69) is 31.7 Å². The number of carbonyl (C=O) groups is 1. The van der Waals surface area contributed by atoms with Crippen LogP contribution >= 0.6 is 0 Å². The SMILES string of the molecule is Cc1nc2c(C#N)cnn2c(C)c1CCC(=O)Nc1nncn1-c1ccccc1. The zero-order valence-electron chi connectivity index (χ0n) is 16.0. The molecule has 4 rings (SSSR count). The number of fused-ring (bicyclic) bond motifs is 1. The molecule has 1 amide bonds. The van der Waals surface area contributed by atoms with Crippen molar-refractivity contribution < 1.29 is 4.79 Å². The highest BCUT2D eigenvalue weighted by Crippen LogP contribution is 2.19. The van der Waals surface area contributed by atoms with Crippen molar-refractivity contribution in [3.8, 4) is 11.8 Å². The molecule has 0 saturated carbocycles. The van der Waals surface area contributed by atoms with Gasteiger partial charge in [0, 0.05) is 17.8 Å². The fraction of sp³-hybridized carbons (Fsp3) is 0.200. The van der Waals surface area contributed by atoms with Crippen molar-refractivity contribution in [1.82, 2.24) is 29.4 Å². The monoisotopic (exact) mass is 386 g/mol. The maximum absolute atomic E-state index is 12.5. The minimum absolute atomic E-state index is 0.174. The van der Waals surface area contributed by atoms with E-state index >= 15 is 0 Å². The van der Waals surface area contributed by atoms with Gasteiger partial charge in [0.05, 0.1) is 11.9 Å². The Morgan fingerprint density at radius 2 is 2.03 bits per heavy atom. The fourth-order valence-corrected chi connectivity index (χ4v) is 3.28. The lowest BCUT2D eigenvalue weighted by atomic mass is 10.1. The first-order valence-corrected chi connectivity index (χ1v) is 9.07. The van der Waals surface area contributed by atoms with E-state index in [9.17, 15) is 4.79 Å². The van der Waals surface area contributed by atoms with Gasteiger partial charge in [0.25, 0.3) is 0 Å². The van der Waals surface area contributed by atoms with Crippen LogP contribution in [0, 0.1) is 25.2 Å². The van der Waals surface area contributed by atoms with Gasteiger partial charge in [-0.15, -0.1) is 10.2 Å². The molecule has 3 aromatic heterocycles. The second-order valence-electron chi connectivity index (χ2n) is 6.57. The van der Waals surface area contributed by atoms with E-state index < -0.39 is 0 Å². The third-order valence-electron chi connectivity index (χ3n) is 4.76. The highest BCUT2D eigenvalue weighted by molar-refractivity contribution is 5.89. The Morgan fingerprint density at radius 1 is 1.24 bits per heavy atom. The summed E-state index contributed by atoms with van der Waals surface area (Å²) < 4.78 is 3.36. The van der Waals surface area contributed by atoms with Gasteiger partial charge < -0.3 is 0 Å². The van der Waals surface area contributed by atoms with E-state index in [1.165, 1.54) is 6.20 Å². The maximum Gasteiger partial charge on any atom is 0.235 e. The number of para-hydroxylation sites is 1. The quantitative estimate of drug-likeness (QED) is 0.563. The zero-order chi connectivity index (χ0) is 20.4. The van der Waals surface area contributed by atoms with Crippen molar-refractivity contribution in [1.29, 1.82) is 5.26 Å². The molecule has 0 radical (unpaired) electrons. The van der Waals surface area contributed by atoms with Crippen molar-refractivity contribution in [2.75, 3.05) is 5.32 Å². The Kier molecular flexibility index (Phi) is 4.75. The van der Waals surface area contributed by atoms with Gasteiger partial charge in [-0.25, -0.2) is 9.50 Å². The fourth-order valence-electron chi connectivity index (χ4n) is 3.28. The molecule has 1 aromatic carbocycles. The largest absolute Gasteiger partial charge is 0.294 e. The molecule has 0 bridgehead atoms. The average Bonchev–Trinajstić information content (AvgIpc) is 3.35. The normalized spacial score (nSPS) is 10.8. The van der Waals surface area contributed by atoms with Crippen LogP contribution in [0.5, 0.6) is 0 Å². The van der Waals surface area contributed by atoms with Crippen molar-refractivity contribution in [3.63, 3.8) is 0 Å². The van der Waals surface area contributed by atoms with Gasteiger partial charge >= 0.3 is 0 Å². The summed E-state index contributed by atoms with van der Waals surface area (Å²) in [6, 6.07) is 11.6.